The monoisotopic (exact) mass is 570 g/mol. The molecule has 3 aromatic rings. The van der Waals surface area contributed by atoms with E-state index in [-0.39, 0.29) is 23.8 Å². The predicted octanol–water partition coefficient (Wildman–Crippen LogP) is 6.86. The van der Waals surface area contributed by atoms with Crippen LogP contribution in [-0.2, 0) is 4.79 Å². The summed E-state index contributed by atoms with van der Waals surface area (Å²) < 4.78 is 28.6. The van der Waals surface area contributed by atoms with Gasteiger partial charge in [0.1, 0.15) is 28.9 Å². The molecule has 1 atom stereocenters. The van der Waals surface area contributed by atoms with Gasteiger partial charge in [-0.1, -0.05) is 50.8 Å². The third-order valence-electron chi connectivity index (χ3n) is 7.00. The highest BCUT2D eigenvalue weighted by Crippen LogP contribution is 2.45. The molecule has 0 saturated carbocycles. The van der Waals surface area contributed by atoms with Crippen LogP contribution in [-0.4, -0.2) is 26.3 Å². The van der Waals surface area contributed by atoms with Gasteiger partial charge in [0.05, 0.1) is 19.6 Å². The number of methoxy groups -OCH3 is 1. The van der Waals surface area contributed by atoms with Gasteiger partial charge < -0.3 is 29.4 Å². The Bertz CT molecular complexity index is 1470. The summed E-state index contributed by atoms with van der Waals surface area (Å²) in [5, 5.41) is 9.96. The number of nitriles is 1. The summed E-state index contributed by atoms with van der Waals surface area (Å²) in [5.74, 6) is 1.40. The number of ether oxygens (including phenoxy) is 5. The molecule has 0 fully saturated rings. The number of esters is 1. The lowest BCUT2D eigenvalue weighted by atomic mass is 9.83. The average Bonchev–Trinajstić information content (AvgIpc) is 2.96. The minimum atomic E-state index is -0.562. The zero-order valence-electron chi connectivity index (χ0n) is 24.7. The van der Waals surface area contributed by atoms with Gasteiger partial charge in [0.25, 0.3) is 0 Å². The first-order valence-electron chi connectivity index (χ1n) is 14.3. The molecule has 0 radical (unpaired) electrons. The lowest BCUT2D eigenvalue weighted by Crippen LogP contribution is -2.22. The van der Waals surface area contributed by atoms with Gasteiger partial charge in [0, 0.05) is 11.6 Å². The molecule has 0 aromatic heterocycles. The molecule has 2 N–H and O–H groups in total. The Kier molecular flexibility index (Phi) is 10.3. The molecule has 0 amide bonds. The van der Waals surface area contributed by atoms with Crippen LogP contribution < -0.4 is 29.4 Å². The fourth-order valence-electron chi connectivity index (χ4n) is 5.03. The van der Waals surface area contributed by atoms with E-state index in [0.717, 1.165) is 29.5 Å². The van der Waals surface area contributed by atoms with E-state index in [4.69, 9.17) is 29.4 Å². The van der Waals surface area contributed by atoms with E-state index in [2.05, 4.69) is 13.0 Å². The van der Waals surface area contributed by atoms with Crippen molar-refractivity contribution in [1.82, 2.24) is 0 Å². The van der Waals surface area contributed by atoms with Crippen molar-refractivity contribution in [2.24, 2.45) is 5.73 Å². The van der Waals surface area contributed by atoms with E-state index in [9.17, 15) is 10.1 Å². The molecule has 0 bridgehead atoms. The maximum absolute atomic E-state index is 12.5. The molecule has 1 unspecified atom stereocenters. The van der Waals surface area contributed by atoms with Gasteiger partial charge in [-0.25, -0.2) is 4.79 Å². The number of nitrogens with two attached hydrogens (primary N) is 1. The van der Waals surface area contributed by atoms with Crippen LogP contribution in [0.5, 0.6) is 28.7 Å². The van der Waals surface area contributed by atoms with E-state index < -0.39 is 11.9 Å². The zero-order chi connectivity index (χ0) is 30.1. The van der Waals surface area contributed by atoms with Gasteiger partial charge in [-0.15, -0.1) is 0 Å². The van der Waals surface area contributed by atoms with Crippen LogP contribution in [0.4, 0.5) is 0 Å². The van der Waals surface area contributed by atoms with Gasteiger partial charge >= 0.3 is 5.97 Å². The number of nitrogens with zero attached hydrogens (tertiary/aromatic N) is 1. The van der Waals surface area contributed by atoms with Crippen LogP contribution in [0, 0.1) is 25.2 Å². The second-order valence-corrected chi connectivity index (χ2v) is 10.4. The zero-order valence-corrected chi connectivity index (χ0v) is 24.7. The number of rotatable bonds is 13. The normalized spacial score (nSPS) is 13.9. The van der Waals surface area contributed by atoms with Crippen LogP contribution in [0.2, 0.25) is 0 Å². The highest BCUT2D eigenvalue weighted by molar-refractivity contribution is 5.74. The molecule has 3 aromatic carbocycles. The second-order valence-electron chi connectivity index (χ2n) is 10.4. The van der Waals surface area contributed by atoms with Crippen molar-refractivity contribution in [2.75, 3.05) is 20.3 Å². The first-order valence-corrected chi connectivity index (χ1v) is 14.3. The Labute approximate surface area is 247 Å². The molecule has 1 aliphatic heterocycles. The Morgan fingerprint density at radius 1 is 0.929 bits per heavy atom. The standard InChI is InChI=1S/C34H38N2O6/c1-5-6-7-8-9-14-39-29-13-10-24(18-31(29)38-4)33-27-12-11-25(19-30(27)42-34(36)28(33)20-35)41-32(37)21-40-26-16-22(2)15-23(3)17-26/h10-13,15-19,33H,5-9,14,21,36H2,1-4H3. The first kappa shape index (κ1) is 30.3. The topological polar surface area (TPSA) is 113 Å². The van der Waals surface area contributed by atoms with E-state index in [1.54, 1.807) is 25.3 Å². The Morgan fingerprint density at radius 3 is 2.40 bits per heavy atom. The second kappa shape index (κ2) is 14.3. The highest BCUT2D eigenvalue weighted by atomic mass is 16.6. The van der Waals surface area contributed by atoms with Crippen LogP contribution in [0.25, 0.3) is 0 Å². The fourth-order valence-corrected chi connectivity index (χ4v) is 5.03. The largest absolute Gasteiger partial charge is 0.493 e. The summed E-state index contributed by atoms with van der Waals surface area (Å²) in [6.07, 6.45) is 5.73. The number of hydrogen-bond acceptors (Lipinski definition) is 8. The van der Waals surface area contributed by atoms with Crippen molar-refractivity contribution in [2.45, 2.75) is 58.8 Å². The summed E-state index contributed by atoms with van der Waals surface area (Å²) >= 11 is 0. The lowest BCUT2D eigenvalue weighted by molar-refractivity contribution is -0.136. The van der Waals surface area contributed by atoms with Gasteiger partial charge in [0.2, 0.25) is 5.88 Å². The molecule has 0 saturated heterocycles. The molecule has 4 rings (SSSR count). The first-order chi connectivity index (χ1) is 20.3. The number of hydrogen-bond donors (Lipinski definition) is 1. The van der Waals surface area contributed by atoms with E-state index in [0.29, 0.717) is 35.2 Å². The summed E-state index contributed by atoms with van der Waals surface area (Å²) in [4.78, 5) is 12.5. The minimum Gasteiger partial charge on any atom is -0.493 e. The molecule has 42 heavy (non-hydrogen) atoms. The van der Waals surface area contributed by atoms with Gasteiger partial charge in [-0.3, -0.25) is 0 Å². The Morgan fingerprint density at radius 2 is 1.69 bits per heavy atom. The summed E-state index contributed by atoms with van der Waals surface area (Å²) in [7, 11) is 1.59. The molecule has 1 aliphatic rings. The predicted molar refractivity (Wildman–Crippen MR) is 160 cm³/mol. The minimum absolute atomic E-state index is 0.0111. The van der Waals surface area contributed by atoms with Crippen molar-refractivity contribution >= 4 is 5.97 Å². The van der Waals surface area contributed by atoms with Crippen LogP contribution in [0.3, 0.4) is 0 Å². The van der Waals surface area contributed by atoms with Gasteiger partial charge in [-0.05, 0) is 67.3 Å². The number of unbranched alkanes of at least 4 members (excludes halogenated alkanes) is 4. The fraction of sp³-hybridized carbons (Fsp3) is 0.353. The number of allylic oxidation sites excluding steroid dienone is 1. The van der Waals surface area contributed by atoms with Crippen molar-refractivity contribution in [1.29, 1.82) is 5.26 Å². The quantitative estimate of drug-likeness (QED) is 0.135. The van der Waals surface area contributed by atoms with Crippen molar-refractivity contribution < 1.29 is 28.5 Å². The highest BCUT2D eigenvalue weighted by Gasteiger charge is 2.32. The number of benzene rings is 3. The molecular formula is C34H38N2O6. The number of carbonyl (C=O) groups excluding carboxylic acids is 1. The molecule has 0 aliphatic carbocycles. The molecular weight excluding hydrogens is 532 g/mol. The summed E-state index contributed by atoms with van der Waals surface area (Å²) in [6.45, 7) is 6.47. The van der Waals surface area contributed by atoms with Crippen LogP contribution in [0.1, 0.15) is 67.2 Å². The van der Waals surface area contributed by atoms with E-state index in [1.807, 2.05) is 50.2 Å². The van der Waals surface area contributed by atoms with Crippen molar-refractivity contribution in [3.05, 3.63) is 88.3 Å². The summed E-state index contributed by atoms with van der Waals surface area (Å²) in [6, 6.07) is 18.6. The lowest BCUT2D eigenvalue weighted by Gasteiger charge is -2.27. The third kappa shape index (κ3) is 7.55. The van der Waals surface area contributed by atoms with Crippen LogP contribution >= 0.6 is 0 Å². The van der Waals surface area contributed by atoms with E-state index >= 15 is 0 Å². The summed E-state index contributed by atoms with van der Waals surface area (Å²) in [5.41, 5.74) is 10.0. The van der Waals surface area contributed by atoms with Crippen molar-refractivity contribution in [3.63, 3.8) is 0 Å². The molecule has 1 heterocycles. The Balaban J connectivity index is 1.50. The van der Waals surface area contributed by atoms with Gasteiger partial charge in [-0.2, -0.15) is 5.26 Å². The van der Waals surface area contributed by atoms with Gasteiger partial charge in [0.15, 0.2) is 18.1 Å². The number of carbonyl (C=O) groups is 1. The molecule has 0 spiro atoms. The average molecular weight is 571 g/mol. The molecule has 220 valence electrons. The maximum atomic E-state index is 12.5. The van der Waals surface area contributed by atoms with E-state index in [1.165, 1.54) is 19.3 Å². The smallest absolute Gasteiger partial charge is 0.349 e. The maximum Gasteiger partial charge on any atom is 0.349 e. The number of fused-ring (bicyclic) bond motifs is 1. The number of aryl methyl sites for hydroxylation is 2. The molecule has 8 nitrogen and oxygen atoms in total. The van der Waals surface area contributed by atoms with Crippen molar-refractivity contribution in [3.8, 4) is 34.8 Å². The Hall–Kier alpha value is -4.64. The third-order valence-corrected chi connectivity index (χ3v) is 7.00. The van der Waals surface area contributed by atoms with Crippen LogP contribution in [0.15, 0.2) is 66.1 Å². The SMILES string of the molecule is CCCCCCCOc1ccc(C2C(C#N)=C(N)Oc3cc(OC(=O)COc4cc(C)cc(C)c4)ccc32)cc1OC. The molecule has 8 heteroatoms.